The molecule has 0 spiro atoms. The van der Waals surface area contributed by atoms with E-state index in [4.69, 9.17) is 9.63 Å². The predicted octanol–water partition coefficient (Wildman–Crippen LogP) is -0.146. The smallest absolute Gasteiger partial charge is 0.230 e. The normalized spacial score (nSPS) is 25.3. The molecule has 0 amide bonds. The molecule has 1 atom stereocenters. The lowest BCUT2D eigenvalue weighted by Crippen LogP contribution is -2.23. The molecular formula is C8H12N2O4S. The van der Waals surface area contributed by atoms with Gasteiger partial charge in [-0.15, -0.1) is 0 Å². The van der Waals surface area contributed by atoms with Crippen LogP contribution in [0.4, 0.5) is 0 Å². The van der Waals surface area contributed by atoms with Gasteiger partial charge < -0.3 is 9.63 Å². The number of aromatic nitrogens is 2. The Bertz CT molecular complexity index is 439. The monoisotopic (exact) mass is 232 g/mol. The third-order valence-electron chi connectivity index (χ3n) is 2.44. The zero-order valence-corrected chi connectivity index (χ0v) is 8.90. The fourth-order valence-corrected chi connectivity index (χ4v) is 3.41. The second-order valence-corrected chi connectivity index (χ2v) is 5.89. The van der Waals surface area contributed by atoms with Crippen LogP contribution in [-0.2, 0) is 16.4 Å². The first-order valence-electron chi connectivity index (χ1n) is 4.74. The van der Waals surface area contributed by atoms with E-state index in [0.717, 1.165) is 6.42 Å². The van der Waals surface area contributed by atoms with Gasteiger partial charge in [-0.05, 0) is 12.8 Å². The van der Waals surface area contributed by atoms with Crippen molar-refractivity contribution in [2.45, 2.75) is 25.4 Å². The van der Waals surface area contributed by atoms with Crippen LogP contribution < -0.4 is 0 Å². The summed E-state index contributed by atoms with van der Waals surface area (Å²) in [5.74, 6) is 0.622. The number of sulfone groups is 1. The van der Waals surface area contributed by atoms with Gasteiger partial charge in [0.1, 0.15) is 6.61 Å². The van der Waals surface area contributed by atoms with E-state index in [0.29, 0.717) is 12.3 Å². The summed E-state index contributed by atoms with van der Waals surface area (Å²) in [6, 6.07) is 0. The summed E-state index contributed by atoms with van der Waals surface area (Å²) < 4.78 is 27.6. The van der Waals surface area contributed by atoms with E-state index in [9.17, 15) is 8.42 Å². The minimum Gasteiger partial charge on any atom is -0.388 e. The Morgan fingerprint density at radius 3 is 2.93 bits per heavy atom. The van der Waals surface area contributed by atoms with Crippen molar-refractivity contribution in [3.8, 4) is 0 Å². The van der Waals surface area contributed by atoms with E-state index in [2.05, 4.69) is 10.1 Å². The standard InChI is InChI=1S/C8H12N2O4S/c11-4-7-9-8(14-10-7)6-2-1-3-15(12,13)5-6/h6,11H,1-5H2. The van der Waals surface area contributed by atoms with E-state index < -0.39 is 9.84 Å². The van der Waals surface area contributed by atoms with Crippen molar-refractivity contribution >= 4 is 9.84 Å². The van der Waals surface area contributed by atoms with Gasteiger partial charge in [0.05, 0.1) is 17.4 Å². The van der Waals surface area contributed by atoms with E-state index in [1.165, 1.54) is 0 Å². The van der Waals surface area contributed by atoms with E-state index in [1.807, 2.05) is 0 Å². The first-order chi connectivity index (χ1) is 7.11. The summed E-state index contributed by atoms with van der Waals surface area (Å²) in [4.78, 5) is 3.93. The first kappa shape index (κ1) is 10.6. The van der Waals surface area contributed by atoms with Crippen molar-refractivity contribution in [2.75, 3.05) is 11.5 Å². The Morgan fingerprint density at radius 1 is 1.53 bits per heavy atom. The number of aliphatic hydroxyl groups is 1. The van der Waals surface area contributed by atoms with E-state index in [-0.39, 0.29) is 29.9 Å². The maximum absolute atomic E-state index is 11.4. The maximum atomic E-state index is 11.4. The van der Waals surface area contributed by atoms with Crippen molar-refractivity contribution in [3.63, 3.8) is 0 Å². The lowest BCUT2D eigenvalue weighted by atomic mass is 10.1. The van der Waals surface area contributed by atoms with Gasteiger partial charge >= 0.3 is 0 Å². The third kappa shape index (κ3) is 2.35. The summed E-state index contributed by atoms with van der Waals surface area (Å²) in [6.45, 7) is -0.289. The average Bonchev–Trinajstić information content (AvgIpc) is 2.64. The van der Waals surface area contributed by atoms with Gasteiger partial charge in [-0.1, -0.05) is 5.16 Å². The van der Waals surface area contributed by atoms with Crippen LogP contribution in [0.15, 0.2) is 4.52 Å². The molecule has 6 nitrogen and oxygen atoms in total. The second kappa shape index (κ2) is 3.90. The molecule has 1 fully saturated rings. The van der Waals surface area contributed by atoms with Crippen LogP contribution in [0.25, 0.3) is 0 Å². The largest absolute Gasteiger partial charge is 0.388 e. The van der Waals surface area contributed by atoms with Crippen molar-refractivity contribution in [1.29, 1.82) is 0 Å². The molecular weight excluding hydrogens is 220 g/mol. The molecule has 2 heterocycles. The molecule has 1 aliphatic heterocycles. The molecule has 0 aromatic carbocycles. The molecule has 1 aromatic heterocycles. The van der Waals surface area contributed by atoms with Gasteiger partial charge in [0, 0.05) is 0 Å². The van der Waals surface area contributed by atoms with Crippen LogP contribution in [0.2, 0.25) is 0 Å². The van der Waals surface area contributed by atoms with Crippen LogP contribution in [0.5, 0.6) is 0 Å². The SMILES string of the molecule is O=S1(=O)CCCC(c2nc(CO)no2)C1. The average molecular weight is 232 g/mol. The number of rotatable bonds is 2. The molecule has 2 rings (SSSR count). The van der Waals surface area contributed by atoms with Gasteiger partial charge in [0.15, 0.2) is 15.7 Å². The molecule has 1 N–H and O–H groups in total. The number of hydrogen-bond acceptors (Lipinski definition) is 6. The van der Waals surface area contributed by atoms with Crippen molar-refractivity contribution in [2.24, 2.45) is 0 Å². The topological polar surface area (TPSA) is 93.3 Å². The molecule has 1 saturated heterocycles. The third-order valence-corrected chi connectivity index (χ3v) is 4.26. The molecule has 15 heavy (non-hydrogen) atoms. The highest BCUT2D eigenvalue weighted by Crippen LogP contribution is 2.26. The second-order valence-electron chi connectivity index (χ2n) is 3.66. The lowest BCUT2D eigenvalue weighted by molar-refractivity contribution is 0.262. The minimum absolute atomic E-state index is 0.0695. The molecule has 7 heteroatoms. The molecule has 0 radical (unpaired) electrons. The van der Waals surface area contributed by atoms with Gasteiger partial charge in [0.25, 0.3) is 0 Å². The zero-order valence-electron chi connectivity index (χ0n) is 8.09. The van der Waals surface area contributed by atoms with Crippen LogP contribution in [-0.4, -0.2) is 35.2 Å². The number of hydrogen-bond donors (Lipinski definition) is 1. The molecule has 1 unspecified atom stereocenters. The van der Waals surface area contributed by atoms with Crippen molar-refractivity contribution in [1.82, 2.24) is 10.1 Å². The number of aliphatic hydroxyl groups excluding tert-OH is 1. The summed E-state index contributed by atoms with van der Waals surface area (Å²) in [6.07, 6.45) is 1.37. The minimum atomic E-state index is -2.97. The lowest BCUT2D eigenvalue weighted by Gasteiger charge is -2.17. The summed E-state index contributed by atoms with van der Waals surface area (Å²) in [5, 5.41) is 12.3. The van der Waals surface area contributed by atoms with Crippen LogP contribution in [0.1, 0.15) is 30.5 Å². The molecule has 1 aromatic rings. The quantitative estimate of drug-likeness (QED) is 0.762. The Kier molecular flexibility index (Phi) is 2.74. The van der Waals surface area contributed by atoms with Gasteiger partial charge in [-0.2, -0.15) is 4.98 Å². The molecule has 0 saturated carbocycles. The van der Waals surface area contributed by atoms with Crippen LogP contribution in [0, 0.1) is 0 Å². The predicted molar refractivity (Wildman–Crippen MR) is 50.8 cm³/mol. The Hall–Kier alpha value is -0.950. The Morgan fingerprint density at radius 2 is 2.33 bits per heavy atom. The van der Waals surface area contributed by atoms with Gasteiger partial charge in [0.2, 0.25) is 5.89 Å². The zero-order chi connectivity index (χ0) is 10.9. The fraction of sp³-hybridized carbons (Fsp3) is 0.750. The highest BCUT2D eigenvalue weighted by molar-refractivity contribution is 7.91. The molecule has 84 valence electrons. The van der Waals surface area contributed by atoms with Crippen molar-refractivity contribution < 1.29 is 18.0 Å². The van der Waals surface area contributed by atoms with Crippen LogP contribution >= 0.6 is 0 Å². The summed E-state index contributed by atoms with van der Waals surface area (Å²) in [5.41, 5.74) is 0. The maximum Gasteiger partial charge on any atom is 0.230 e. The Balaban J connectivity index is 2.17. The van der Waals surface area contributed by atoms with E-state index in [1.54, 1.807) is 0 Å². The van der Waals surface area contributed by atoms with Gasteiger partial charge in [-0.3, -0.25) is 0 Å². The molecule has 0 bridgehead atoms. The highest BCUT2D eigenvalue weighted by Gasteiger charge is 2.29. The molecule has 1 aliphatic rings. The fourth-order valence-electron chi connectivity index (χ4n) is 1.72. The van der Waals surface area contributed by atoms with E-state index >= 15 is 0 Å². The summed E-state index contributed by atoms with van der Waals surface area (Å²) >= 11 is 0. The highest BCUT2D eigenvalue weighted by atomic mass is 32.2. The number of nitrogens with zero attached hydrogens (tertiary/aromatic N) is 2. The first-order valence-corrected chi connectivity index (χ1v) is 6.56. The summed E-state index contributed by atoms with van der Waals surface area (Å²) in [7, 11) is -2.97. The van der Waals surface area contributed by atoms with Crippen molar-refractivity contribution in [3.05, 3.63) is 11.7 Å². The van der Waals surface area contributed by atoms with Crippen LogP contribution in [0.3, 0.4) is 0 Å². The molecule has 0 aliphatic carbocycles. The van der Waals surface area contributed by atoms with Gasteiger partial charge in [-0.25, -0.2) is 8.42 Å². The Labute approximate surface area is 87.2 Å².